The highest BCUT2D eigenvalue weighted by atomic mass is 32.2. The number of anilines is 1. The van der Waals surface area contributed by atoms with Crippen molar-refractivity contribution in [3.63, 3.8) is 0 Å². The highest BCUT2D eigenvalue weighted by molar-refractivity contribution is 7.89. The summed E-state index contributed by atoms with van der Waals surface area (Å²) < 4.78 is 31.5. The average molecular weight is 415 g/mol. The van der Waals surface area contributed by atoms with Crippen LogP contribution in [0.15, 0.2) is 47.4 Å². The van der Waals surface area contributed by atoms with Crippen LogP contribution < -0.4 is 10.0 Å². The smallest absolute Gasteiger partial charge is 0.321 e. The maximum Gasteiger partial charge on any atom is 0.321 e. The van der Waals surface area contributed by atoms with Crippen molar-refractivity contribution in [2.24, 2.45) is 0 Å². The van der Waals surface area contributed by atoms with E-state index < -0.39 is 34.5 Å². The standard InChI is InChI=1S/C20H21N3O5S/c1-13-4-9-18(14(2)10-13)23-20(25)15(3)28-19(24)12-22-29(26,27)17-7-5-16(11-21)6-8-17/h4-10,15,22H,12H2,1-3H3,(H,23,25)/t15-/m1/s1. The molecule has 0 spiro atoms. The van der Waals surface area contributed by atoms with Crippen LogP contribution in [0.25, 0.3) is 0 Å². The van der Waals surface area contributed by atoms with E-state index in [0.29, 0.717) is 11.3 Å². The van der Waals surface area contributed by atoms with Gasteiger partial charge in [0, 0.05) is 5.69 Å². The van der Waals surface area contributed by atoms with Crippen molar-refractivity contribution in [2.45, 2.75) is 31.8 Å². The molecule has 0 aliphatic heterocycles. The molecule has 0 aliphatic rings. The summed E-state index contributed by atoms with van der Waals surface area (Å²) >= 11 is 0. The third-order valence-electron chi connectivity index (χ3n) is 4.02. The number of nitriles is 1. The number of rotatable bonds is 7. The fourth-order valence-corrected chi connectivity index (χ4v) is 3.40. The summed E-state index contributed by atoms with van der Waals surface area (Å²) in [7, 11) is -3.96. The summed E-state index contributed by atoms with van der Waals surface area (Å²) in [5.74, 6) is -1.43. The Morgan fingerprint density at radius 1 is 1.14 bits per heavy atom. The van der Waals surface area contributed by atoms with Gasteiger partial charge in [0.05, 0.1) is 16.5 Å². The van der Waals surface area contributed by atoms with Crippen LogP contribution in [0.2, 0.25) is 0 Å². The molecular formula is C20H21N3O5S. The molecule has 0 fully saturated rings. The number of ether oxygens (including phenoxy) is 1. The predicted molar refractivity (Wildman–Crippen MR) is 106 cm³/mol. The van der Waals surface area contributed by atoms with Gasteiger partial charge in [-0.3, -0.25) is 9.59 Å². The zero-order chi connectivity index (χ0) is 21.6. The average Bonchev–Trinajstić information content (AvgIpc) is 2.68. The molecule has 0 radical (unpaired) electrons. The Kier molecular flexibility index (Phi) is 7.09. The molecule has 1 amide bonds. The molecule has 2 rings (SSSR count). The Morgan fingerprint density at radius 3 is 2.38 bits per heavy atom. The number of carbonyl (C=O) groups excluding carboxylic acids is 2. The van der Waals surface area contributed by atoms with Gasteiger partial charge in [-0.1, -0.05) is 17.7 Å². The lowest BCUT2D eigenvalue weighted by Crippen LogP contribution is -2.35. The molecule has 9 heteroatoms. The Labute approximate surface area is 169 Å². The van der Waals surface area contributed by atoms with Crippen molar-refractivity contribution in [1.29, 1.82) is 5.26 Å². The summed E-state index contributed by atoms with van der Waals surface area (Å²) in [6.45, 7) is 4.54. The number of nitrogens with zero attached hydrogens (tertiary/aromatic N) is 1. The molecule has 8 nitrogen and oxygen atoms in total. The van der Waals surface area contributed by atoms with Crippen molar-refractivity contribution >= 4 is 27.6 Å². The lowest BCUT2D eigenvalue weighted by Gasteiger charge is -2.15. The van der Waals surface area contributed by atoms with E-state index in [1.54, 1.807) is 6.07 Å². The summed E-state index contributed by atoms with van der Waals surface area (Å²) in [5.41, 5.74) is 2.83. The third kappa shape index (κ3) is 6.14. The second-order valence-electron chi connectivity index (χ2n) is 6.40. The lowest BCUT2D eigenvalue weighted by atomic mass is 10.1. The highest BCUT2D eigenvalue weighted by Gasteiger charge is 2.21. The minimum Gasteiger partial charge on any atom is -0.452 e. The Balaban J connectivity index is 1.90. The second-order valence-corrected chi connectivity index (χ2v) is 8.17. The zero-order valence-corrected chi connectivity index (χ0v) is 17.0. The topological polar surface area (TPSA) is 125 Å². The molecule has 0 bridgehead atoms. The van der Waals surface area contributed by atoms with E-state index >= 15 is 0 Å². The monoisotopic (exact) mass is 415 g/mol. The first-order valence-electron chi connectivity index (χ1n) is 8.70. The van der Waals surface area contributed by atoms with Crippen LogP contribution in [0.3, 0.4) is 0 Å². The number of benzene rings is 2. The van der Waals surface area contributed by atoms with E-state index in [1.807, 2.05) is 32.0 Å². The quantitative estimate of drug-likeness (QED) is 0.667. The second kappa shape index (κ2) is 9.32. The van der Waals surface area contributed by atoms with Crippen LogP contribution in [0.1, 0.15) is 23.6 Å². The van der Waals surface area contributed by atoms with Crippen LogP contribution in [0, 0.1) is 25.2 Å². The summed E-state index contributed by atoms with van der Waals surface area (Å²) in [5, 5.41) is 11.4. The van der Waals surface area contributed by atoms with Crippen LogP contribution in [0.4, 0.5) is 5.69 Å². The van der Waals surface area contributed by atoms with Gasteiger partial charge in [0.1, 0.15) is 6.54 Å². The number of aryl methyl sites for hydroxylation is 2. The van der Waals surface area contributed by atoms with Crippen molar-refractivity contribution in [3.05, 3.63) is 59.2 Å². The minimum absolute atomic E-state index is 0.0927. The lowest BCUT2D eigenvalue weighted by molar-refractivity contribution is -0.151. The fourth-order valence-electron chi connectivity index (χ4n) is 2.43. The Hall–Kier alpha value is -3.22. The van der Waals surface area contributed by atoms with Gasteiger partial charge in [-0.2, -0.15) is 9.98 Å². The van der Waals surface area contributed by atoms with Gasteiger partial charge < -0.3 is 10.1 Å². The molecule has 0 saturated heterocycles. The largest absolute Gasteiger partial charge is 0.452 e. The predicted octanol–water partition coefficient (Wildman–Crippen LogP) is 2.02. The third-order valence-corrected chi connectivity index (χ3v) is 5.43. The van der Waals surface area contributed by atoms with Crippen LogP contribution in [-0.2, 0) is 24.3 Å². The van der Waals surface area contributed by atoms with E-state index in [4.69, 9.17) is 10.00 Å². The number of amides is 1. The molecule has 0 aliphatic carbocycles. The molecule has 0 aromatic heterocycles. The first kappa shape index (κ1) is 22.1. The first-order valence-corrected chi connectivity index (χ1v) is 10.2. The molecule has 2 N–H and O–H groups in total. The summed E-state index contributed by atoms with van der Waals surface area (Å²) in [6, 6.07) is 12.6. The fraction of sp³-hybridized carbons (Fsp3) is 0.250. The summed E-state index contributed by atoms with van der Waals surface area (Å²) in [6.07, 6.45) is -1.11. The van der Waals surface area contributed by atoms with Gasteiger partial charge in [0.25, 0.3) is 5.91 Å². The SMILES string of the molecule is Cc1ccc(NC(=O)[C@@H](C)OC(=O)CNS(=O)(=O)c2ccc(C#N)cc2)c(C)c1. The van der Waals surface area contributed by atoms with E-state index in [1.165, 1.54) is 31.2 Å². The number of nitrogens with one attached hydrogen (secondary N) is 2. The number of sulfonamides is 1. The molecule has 2 aromatic rings. The van der Waals surface area contributed by atoms with Crippen LogP contribution in [0.5, 0.6) is 0 Å². The Bertz CT molecular complexity index is 1060. The van der Waals surface area contributed by atoms with E-state index in [2.05, 4.69) is 10.0 Å². The number of carbonyl (C=O) groups is 2. The highest BCUT2D eigenvalue weighted by Crippen LogP contribution is 2.16. The molecular weight excluding hydrogens is 394 g/mol. The first-order chi connectivity index (χ1) is 13.6. The minimum atomic E-state index is -3.96. The van der Waals surface area contributed by atoms with Gasteiger partial charge in [-0.05, 0) is 56.7 Å². The normalized spacial score (nSPS) is 11.9. The number of hydrogen-bond acceptors (Lipinski definition) is 6. The van der Waals surface area contributed by atoms with E-state index in [-0.39, 0.29) is 4.90 Å². The van der Waals surface area contributed by atoms with Crippen LogP contribution in [-0.4, -0.2) is 32.9 Å². The molecule has 0 unspecified atom stereocenters. The molecule has 1 atom stereocenters. The van der Waals surface area contributed by atoms with Gasteiger partial charge in [-0.25, -0.2) is 8.42 Å². The molecule has 29 heavy (non-hydrogen) atoms. The van der Waals surface area contributed by atoms with Crippen molar-refractivity contribution < 1.29 is 22.7 Å². The maximum atomic E-state index is 12.2. The van der Waals surface area contributed by atoms with E-state index in [9.17, 15) is 18.0 Å². The molecule has 0 heterocycles. The molecule has 0 saturated carbocycles. The zero-order valence-electron chi connectivity index (χ0n) is 16.2. The van der Waals surface area contributed by atoms with Gasteiger partial charge in [0.2, 0.25) is 10.0 Å². The van der Waals surface area contributed by atoms with Crippen molar-refractivity contribution in [2.75, 3.05) is 11.9 Å². The number of hydrogen-bond donors (Lipinski definition) is 2. The molecule has 2 aromatic carbocycles. The van der Waals surface area contributed by atoms with Crippen LogP contribution >= 0.6 is 0 Å². The Morgan fingerprint density at radius 2 is 1.79 bits per heavy atom. The molecule has 152 valence electrons. The van der Waals surface area contributed by atoms with E-state index in [0.717, 1.165) is 11.1 Å². The van der Waals surface area contributed by atoms with Gasteiger partial charge >= 0.3 is 5.97 Å². The maximum absolute atomic E-state index is 12.2. The van der Waals surface area contributed by atoms with Gasteiger partial charge in [-0.15, -0.1) is 0 Å². The van der Waals surface area contributed by atoms with Crippen molar-refractivity contribution in [1.82, 2.24) is 4.72 Å². The summed E-state index contributed by atoms with van der Waals surface area (Å²) in [4.78, 5) is 24.1. The van der Waals surface area contributed by atoms with Gasteiger partial charge in [0.15, 0.2) is 6.10 Å². The number of esters is 1. The van der Waals surface area contributed by atoms with Crippen molar-refractivity contribution in [3.8, 4) is 6.07 Å².